The molecule has 0 spiro atoms. The van der Waals surface area contributed by atoms with Crippen molar-refractivity contribution in [2.75, 3.05) is 18.1 Å². The summed E-state index contributed by atoms with van der Waals surface area (Å²) in [6, 6.07) is 17.7. The van der Waals surface area contributed by atoms with Crippen LogP contribution in [0.4, 0.5) is 24.5 Å². The molecular weight excluding hydrogens is 507 g/mol. The summed E-state index contributed by atoms with van der Waals surface area (Å²) >= 11 is 0. The maximum absolute atomic E-state index is 13.6. The van der Waals surface area contributed by atoms with Crippen molar-refractivity contribution in [1.29, 1.82) is 0 Å². The molecular formula is C30H32F3N3O3. The lowest BCUT2D eigenvalue weighted by Crippen LogP contribution is -2.51. The Morgan fingerprint density at radius 1 is 0.949 bits per heavy atom. The van der Waals surface area contributed by atoms with Crippen LogP contribution >= 0.6 is 0 Å². The predicted molar refractivity (Wildman–Crippen MR) is 145 cm³/mol. The van der Waals surface area contributed by atoms with Crippen LogP contribution in [0.5, 0.6) is 0 Å². The number of carbonyl (C=O) groups is 2. The molecule has 206 valence electrons. The summed E-state index contributed by atoms with van der Waals surface area (Å²) in [5, 5.41) is 17.0. The number of nitrogens with two attached hydrogens (primary N) is 1. The summed E-state index contributed by atoms with van der Waals surface area (Å²) in [6.07, 6.45) is -0.683. The molecule has 1 aliphatic carbocycles. The molecule has 2 amide bonds. The third-order valence-corrected chi connectivity index (χ3v) is 7.40. The van der Waals surface area contributed by atoms with Crippen molar-refractivity contribution in [2.24, 2.45) is 5.92 Å². The van der Waals surface area contributed by atoms with Gasteiger partial charge in [0.15, 0.2) is 0 Å². The highest BCUT2D eigenvalue weighted by Crippen LogP contribution is 2.38. The summed E-state index contributed by atoms with van der Waals surface area (Å²) in [6.45, 7) is 0. The highest BCUT2D eigenvalue weighted by Gasteiger charge is 2.44. The van der Waals surface area contributed by atoms with E-state index in [1.54, 1.807) is 19.2 Å². The van der Waals surface area contributed by atoms with Crippen LogP contribution in [-0.2, 0) is 17.4 Å². The van der Waals surface area contributed by atoms with Crippen molar-refractivity contribution in [3.05, 3.63) is 83.4 Å². The molecule has 0 saturated heterocycles. The zero-order chi connectivity index (χ0) is 28.2. The van der Waals surface area contributed by atoms with Crippen molar-refractivity contribution in [2.45, 2.75) is 50.3 Å². The minimum Gasteiger partial charge on any atom is -0.398 e. The topological polar surface area (TPSA) is 104 Å². The fourth-order valence-electron chi connectivity index (χ4n) is 5.24. The van der Waals surface area contributed by atoms with Crippen LogP contribution < -0.4 is 16.4 Å². The summed E-state index contributed by atoms with van der Waals surface area (Å²) in [5.74, 6) is -1.28. The number of nitrogens with one attached hydrogen (secondary N) is 2. The van der Waals surface area contributed by atoms with Crippen LogP contribution in [0.1, 0.15) is 53.6 Å². The number of aliphatic hydroxyl groups is 1. The number of hydrogen-bond donors (Lipinski definition) is 4. The van der Waals surface area contributed by atoms with Gasteiger partial charge in [-0.05, 0) is 65.8 Å². The number of rotatable bonds is 7. The van der Waals surface area contributed by atoms with E-state index in [1.807, 2.05) is 36.4 Å². The van der Waals surface area contributed by atoms with Gasteiger partial charge in [0.25, 0.3) is 11.8 Å². The van der Waals surface area contributed by atoms with Crippen LogP contribution in [0.15, 0.2) is 66.7 Å². The number of alkyl halides is 3. The van der Waals surface area contributed by atoms with Gasteiger partial charge in [0, 0.05) is 30.4 Å². The number of carbonyl (C=O) groups excluding carboxylic acids is 2. The molecule has 0 aromatic heterocycles. The fraction of sp³-hybridized carbons (Fsp3) is 0.333. The monoisotopic (exact) mass is 539 g/mol. The van der Waals surface area contributed by atoms with Crippen LogP contribution in [0.2, 0.25) is 0 Å². The van der Waals surface area contributed by atoms with E-state index in [0.717, 1.165) is 42.5 Å². The molecule has 5 N–H and O–H groups in total. The van der Waals surface area contributed by atoms with Gasteiger partial charge in [-0.15, -0.1) is 0 Å². The van der Waals surface area contributed by atoms with Gasteiger partial charge in [0.2, 0.25) is 0 Å². The fourth-order valence-corrected chi connectivity index (χ4v) is 5.24. The quantitative estimate of drug-likeness (QED) is 0.285. The van der Waals surface area contributed by atoms with Crippen molar-refractivity contribution < 1.29 is 27.9 Å². The molecule has 39 heavy (non-hydrogen) atoms. The summed E-state index contributed by atoms with van der Waals surface area (Å²) in [5.41, 5.74) is 5.04. The highest BCUT2D eigenvalue weighted by molar-refractivity contribution is 5.98. The molecule has 0 bridgehead atoms. The Morgan fingerprint density at radius 2 is 1.64 bits per heavy atom. The van der Waals surface area contributed by atoms with E-state index in [4.69, 9.17) is 5.73 Å². The smallest absolute Gasteiger partial charge is 0.398 e. The first-order valence-corrected chi connectivity index (χ1v) is 12.9. The van der Waals surface area contributed by atoms with E-state index in [0.29, 0.717) is 24.0 Å². The Bertz CT molecular complexity index is 1340. The number of amides is 2. The van der Waals surface area contributed by atoms with Crippen molar-refractivity contribution in [3.63, 3.8) is 0 Å². The van der Waals surface area contributed by atoms with E-state index in [-0.39, 0.29) is 23.9 Å². The lowest BCUT2D eigenvalue weighted by molar-refractivity contribution is -0.142. The van der Waals surface area contributed by atoms with Crippen LogP contribution in [0.3, 0.4) is 0 Å². The molecule has 3 aromatic carbocycles. The van der Waals surface area contributed by atoms with E-state index >= 15 is 0 Å². The summed E-state index contributed by atoms with van der Waals surface area (Å²) in [4.78, 5) is 25.4. The van der Waals surface area contributed by atoms with Crippen LogP contribution in [0, 0.1) is 5.92 Å². The molecule has 1 unspecified atom stereocenters. The highest BCUT2D eigenvalue weighted by atomic mass is 19.4. The first kappa shape index (κ1) is 28.2. The molecule has 1 atom stereocenters. The van der Waals surface area contributed by atoms with Gasteiger partial charge in [-0.3, -0.25) is 9.59 Å². The van der Waals surface area contributed by atoms with Gasteiger partial charge in [-0.1, -0.05) is 55.7 Å². The minimum atomic E-state index is -4.68. The van der Waals surface area contributed by atoms with Crippen molar-refractivity contribution >= 4 is 23.2 Å². The molecule has 9 heteroatoms. The lowest BCUT2D eigenvalue weighted by Gasteiger charge is -2.37. The molecule has 6 nitrogen and oxygen atoms in total. The van der Waals surface area contributed by atoms with Gasteiger partial charge in [-0.25, -0.2) is 0 Å². The molecule has 0 aliphatic heterocycles. The lowest BCUT2D eigenvalue weighted by atomic mass is 9.73. The minimum absolute atomic E-state index is 0.00519. The van der Waals surface area contributed by atoms with E-state index in [1.165, 1.54) is 6.07 Å². The van der Waals surface area contributed by atoms with Crippen molar-refractivity contribution in [3.8, 4) is 11.1 Å². The zero-order valence-corrected chi connectivity index (χ0v) is 21.6. The Kier molecular flexibility index (Phi) is 8.30. The van der Waals surface area contributed by atoms with E-state index < -0.39 is 28.9 Å². The summed E-state index contributed by atoms with van der Waals surface area (Å²) in [7, 11) is 1.56. The molecule has 0 heterocycles. The Labute approximate surface area is 225 Å². The van der Waals surface area contributed by atoms with Gasteiger partial charge < -0.3 is 21.5 Å². The van der Waals surface area contributed by atoms with Crippen molar-refractivity contribution in [1.82, 2.24) is 5.32 Å². The first-order valence-electron chi connectivity index (χ1n) is 12.9. The largest absolute Gasteiger partial charge is 0.418 e. The maximum atomic E-state index is 13.6. The average molecular weight is 540 g/mol. The third-order valence-electron chi connectivity index (χ3n) is 7.40. The molecule has 4 rings (SSSR count). The van der Waals surface area contributed by atoms with Gasteiger partial charge in [0.1, 0.15) is 5.60 Å². The standard InChI is InChI=1S/C30H32F3N3O3/c1-35-27(37)21-12-10-20(11-13-21)22-7-5-6-19(16-22)18-29(39,23-8-3-2-4-9-23)28(38)36-24-14-15-26(34)25(17-24)30(31,32)33/h5-7,10-17,23,39H,2-4,8-9,18,34H2,1H3,(H,35,37)(H,36,38). The second kappa shape index (κ2) is 11.5. The normalized spacial score (nSPS) is 15.8. The predicted octanol–water partition coefficient (Wildman–Crippen LogP) is 5.81. The van der Waals surface area contributed by atoms with Gasteiger partial charge in [-0.2, -0.15) is 13.2 Å². The number of benzene rings is 3. The molecule has 1 aliphatic rings. The Hall–Kier alpha value is -3.85. The first-order chi connectivity index (χ1) is 18.5. The molecule has 3 aromatic rings. The number of halogens is 3. The second-order valence-electron chi connectivity index (χ2n) is 10.0. The van der Waals surface area contributed by atoms with Gasteiger partial charge in [0.05, 0.1) is 5.56 Å². The number of nitrogen functional groups attached to an aromatic ring is 1. The SMILES string of the molecule is CNC(=O)c1ccc(-c2cccc(CC(O)(C(=O)Nc3ccc(N)c(C(F)(F)F)c3)C3CCCCC3)c2)cc1. The van der Waals surface area contributed by atoms with Crippen LogP contribution in [-0.4, -0.2) is 29.6 Å². The van der Waals surface area contributed by atoms with E-state index in [9.17, 15) is 27.9 Å². The van der Waals surface area contributed by atoms with Crippen LogP contribution in [0.25, 0.3) is 11.1 Å². The Morgan fingerprint density at radius 3 is 2.28 bits per heavy atom. The number of anilines is 2. The zero-order valence-electron chi connectivity index (χ0n) is 21.6. The second-order valence-corrected chi connectivity index (χ2v) is 10.0. The third kappa shape index (κ3) is 6.42. The molecule has 0 radical (unpaired) electrons. The number of hydrogen-bond acceptors (Lipinski definition) is 4. The Balaban J connectivity index is 1.62. The summed E-state index contributed by atoms with van der Waals surface area (Å²) < 4.78 is 40.1. The van der Waals surface area contributed by atoms with Gasteiger partial charge >= 0.3 is 6.18 Å². The molecule has 1 saturated carbocycles. The maximum Gasteiger partial charge on any atom is 0.418 e. The van der Waals surface area contributed by atoms with E-state index in [2.05, 4.69) is 10.6 Å². The molecule has 1 fully saturated rings. The average Bonchev–Trinajstić information content (AvgIpc) is 2.93.